The molecule has 0 aromatic rings. The Balaban J connectivity index is 0.000000561. The molecule has 0 spiro atoms. The summed E-state index contributed by atoms with van der Waals surface area (Å²) in [5.41, 5.74) is 0. The van der Waals surface area contributed by atoms with Gasteiger partial charge in [0.1, 0.15) is 0 Å². The molecular formula is C8H15F2NO. The van der Waals surface area contributed by atoms with E-state index in [1.807, 2.05) is 13.8 Å². The molecule has 1 amide bonds. The van der Waals surface area contributed by atoms with Crippen molar-refractivity contribution in [1.82, 2.24) is 4.90 Å². The van der Waals surface area contributed by atoms with E-state index in [0.717, 1.165) is 0 Å². The summed E-state index contributed by atoms with van der Waals surface area (Å²) < 4.78 is 24.7. The quantitative estimate of drug-likeness (QED) is 0.556. The fourth-order valence-electron chi connectivity index (χ4n) is 1.00. The Morgan fingerprint density at radius 2 is 1.92 bits per heavy atom. The molecule has 0 bridgehead atoms. The summed E-state index contributed by atoms with van der Waals surface area (Å²) >= 11 is 0. The third-order valence-corrected chi connectivity index (χ3v) is 1.61. The van der Waals surface area contributed by atoms with Gasteiger partial charge in [0.15, 0.2) is 0 Å². The number of amides is 1. The SMILES string of the molecule is CC.CC(=O)N1CCC(F)(F)C1. The molecule has 1 saturated heterocycles. The van der Waals surface area contributed by atoms with Crippen LogP contribution in [0.3, 0.4) is 0 Å². The van der Waals surface area contributed by atoms with E-state index in [4.69, 9.17) is 0 Å². The van der Waals surface area contributed by atoms with Gasteiger partial charge < -0.3 is 4.90 Å². The van der Waals surface area contributed by atoms with Crippen molar-refractivity contribution >= 4 is 5.91 Å². The zero-order valence-electron chi connectivity index (χ0n) is 7.73. The first-order valence-corrected chi connectivity index (χ1v) is 4.15. The molecule has 1 rings (SSSR count). The first-order chi connectivity index (χ1) is 5.51. The summed E-state index contributed by atoms with van der Waals surface area (Å²) in [4.78, 5) is 11.7. The van der Waals surface area contributed by atoms with Crippen LogP contribution in [0.5, 0.6) is 0 Å². The molecule has 1 aliphatic rings. The smallest absolute Gasteiger partial charge is 0.267 e. The van der Waals surface area contributed by atoms with Crippen LogP contribution in [-0.2, 0) is 4.79 Å². The second-order valence-corrected chi connectivity index (χ2v) is 2.55. The van der Waals surface area contributed by atoms with Crippen molar-refractivity contribution in [3.8, 4) is 0 Å². The molecule has 0 N–H and O–H groups in total. The van der Waals surface area contributed by atoms with Gasteiger partial charge >= 0.3 is 0 Å². The van der Waals surface area contributed by atoms with E-state index in [0.29, 0.717) is 0 Å². The van der Waals surface area contributed by atoms with Gasteiger partial charge in [0.25, 0.3) is 5.92 Å². The largest absolute Gasteiger partial charge is 0.337 e. The van der Waals surface area contributed by atoms with E-state index in [-0.39, 0.29) is 18.9 Å². The van der Waals surface area contributed by atoms with Crippen molar-refractivity contribution in [2.45, 2.75) is 33.1 Å². The lowest BCUT2D eigenvalue weighted by Gasteiger charge is -2.12. The van der Waals surface area contributed by atoms with Gasteiger partial charge in [0, 0.05) is 19.9 Å². The number of nitrogens with zero attached hydrogens (tertiary/aromatic N) is 1. The summed E-state index contributed by atoms with van der Waals surface area (Å²) in [5, 5.41) is 0. The van der Waals surface area contributed by atoms with Crippen LogP contribution in [0, 0.1) is 0 Å². The minimum Gasteiger partial charge on any atom is -0.337 e. The number of rotatable bonds is 0. The molecule has 0 saturated carbocycles. The molecule has 0 radical (unpaired) electrons. The highest BCUT2D eigenvalue weighted by Crippen LogP contribution is 2.26. The molecular weight excluding hydrogens is 164 g/mol. The Hall–Kier alpha value is -0.670. The summed E-state index contributed by atoms with van der Waals surface area (Å²) in [6.45, 7) is 5.10. The van der Waals surface area contributed by atoms with E-state index >= 15 is 0 Å². The molecule has 1 heterocycles. The van der Waals surface area contributed by atoms with Gasteiger partial charge in [-0.05, 0) is 0 Å². The molecule has 0 aromatic heterocycles. The van der Waals surface area contributed by atoms with Gasteiger partial charge in [-0.25, -0.2) is 8.78 Å². The van der Waals surface area contributed by atoms with Crippen molar-refractivity contribution in [1.29, 1.82) is 0 Å². The monoisotopic (exact) mass is 179 g/mol. The van der Waals surface area contributed by atoms with Gasteiger partial charge in [-0.15, -0.1) is 0 Å². The summed E-state index contributed by atoms with van der Waals surface area (Å²) in [5.74, 6) is -2.91. The van der Waals surface area contributed by atoms with Crippen molar-refractivity contribution in [2.75, 3.05) is 13.1 Å². The summed E-state index contributed by atoms with van der Waals surface area (Å²) in [6.07, 6.45) is -0.188. The van der Waals surface area contributed by atoms with Crippen LogP contribution < -0.4 is 0 Å². The minimum atomic E-state index is -2.65. The number of likely N-dealkylation sites (tertiary alicyclic amines) is 1. The standard InChI is InChI=1S/C6H9F2NO.C2H6/c1-5(10)9-3-2-6(7,8)4-9;1-2/h2-4H2,1H3;1-2H3. The van der Waals surface area contributed by atoms with Crippen molar-refractivity contribution < 1.29 is 13.6 Å². The van der Waals surface area contributed by atoms with Gasteiger partial charge in [-0.3, -0.25) is 4.79 Å². The first kappa shape index (κ1) is 11.3. The highest BCUT2D eigenvalue weighted by Gasteiger charge is 2.39. The molecule has 1 fully saturated rings. The molecule has 1 aliphatic heterocycles. The maximum absolute atomic E-state index is 12.4. The van der Waals surface area contributed by atoms with Gasteiger partial charge in [0.05, 0.1) is 6.54 Å². The molecule has 4 heteroatoms. The van der Waals surface area contributed by atoms with Crippen molar-refractivity contribution in [3.05, 3.63) is 0 Å². The Morgan fingerprint density at radius 1 is 1.42 bits per heavy atom. The number of alkyl halides is 2. The fourth-order valence-corrected chi connectivity index (χ4v) is 1.00. The second kappa shape index (κ2) is 4.38. The van der Waals surface area contributed by atoms with Crippen LogP contribution >= 0.6 is 0 Å². The number of hydrogen-bond donors (Lipinski definition) is 0. The van der Waals surface area contributed by atoms with E-state index in [1.54, 1.807) is 0 Å². The van der Waals surface area contributed by atoms with Crippen LogP contribution in [-0.4, -0.2) is 29.8 Å². The Bertz CT molecular complexity index is 159. The number of carbonyl (C=O) groups is 1. The van der Waals surface area contributed by atoms with Crippen molar-refractivity contribution in [3.63, 3.8) is 0 Å². The average Bonchev–Trinajstić information content (AvgIpc) is 2.35. The molecule has 0 aliphatic carbocycles. The van der Waals surface area contributed by atoms with Crippen LogP contribution in [0.1, 0.15) is 27.2 Å². The molecule has 2 nitrogen and oxygen atoms in total. The zero-order chi connectivity index (χ0) is 9.78. The number of carbonyl (C=O) groups excluding carboxylic acids is 1. The van der Waals surface area contributed by atoms with Gasteiger partial charge in [0.2, 0.25) is 5.91 Å². The zero-order valence-corrected chi connectivity index (χ0v) is 7.73. The maximum atomic E-state index is 12.4. The van der Waals surface area contributed by atoms with Crippen LogP contribution in [0.15, 0.2) is 0 Å². The number of halogens is 2. The third-order valence-electron chi connectivity index (χ3n) is 1.61. The Morgan fingerprint density at radius 3 is 2.08 bits per heavy atom. The van der Waals surface area contributed by atoms with Crippen LogP contribution in [0.25, 0.3) is 0 Å². The minimum absolute atomic E-state index is 0.188. The van der Waals surface area contributed by atoms with Crippen LogP contribution in [0.2, 0.25) is 0 Å². The van der Waals surface area contributed by atoms with Crippen LogP contribution in [0.4, 0.5) is 8.78 Å². The molecule has 12 heavy (non-hydrogen) atoms. The normalized spacial score (nSPS) is 19.9. The summed E-state index contributed by atoms with van der Waals surface area (Å²) in [7, 11) is 0. The lowest BCUT2D eigenvalue weighted by molar-refractivity contribution is -0.129. The second-order valence-electron chi connectivity index (χ2n) is 2.55. The third kappa shape index (κ3) is 3.15. The average molecular weight is 179 g/mol. The lowest BCUT2D eigenvalue weighted by atomic mass is 10.3. The predicted molar refractivity (Wildman–Crippen MR) is 43.2 cm³/mol. The van der Waals surface area contributed by atoms with E-state index < -0.39 is 12.5 Å². The van der Waals surface area contributed by atoms with E-state index in [2.05, 4.69) is 0 Å². The molecule has 0 atom stereocenters. The maximum Gasteiger partial charge on any atom is 0.267 e. The predicted octanol–water partition coefficient (Wildman–Crippen LogP) is 1.90. The highest BCUT2D eigenvalue weighted by molar-refractivity contribution is 5.73. The summed E-state index contributed by atoms with van der Waals surface area (Å²) in [6, 6.07) is 0. The fraction of sp³-hybridized carbons (Fsp3) is 0.875. The molecule has 0 aromatic carbocycles. The Labute approximate surface area is 71.5 Å². The topological polar surface area (TPSA) is 20.3 Å². The number of hydrogen-bond acceptors (Lipinski definition) is 1. The lowest BCUT2D eigenvalue weighted by Crippen LogP contribution is -2.29. The van der Waals surface area contributed by atoms with Gasteiger partial charge in [-0.1, -0.05) is 13.8 Å². The van der Waals surface area contributed by atoms with Crippen molar-refractivity contribution in [2.24, 2.45) is 0 Å². The molecule has 72 valence electrons. The molecule has 0 unspecified atom stereocenters. The van der Waals surface area contributed by atoms with E-state index in [1.165, 1.54) is 11.8 Å². The highest BCUT2D eigenvalue weighted by atomic mass is 19.3. The Kier molecular flexibility index (Phi) is 4.13. The van der Waals surface area contributed by atoms with E-state index in [9.17, 15) is 13.6 Å². The van der Waals surface area contributed by atoms with Gasteiger partial charge in [-0.2, -0.15) is 0 Å². The first-order valence-electron chi connectivity index (χ1n) is 4.15.